The molecule has 0 aliphatic rings. The number of furan rings is 1. The first-order valence-corrected chi connectivity index (χ1v) is 9.88. The Kier molecular flexibility index (Phi) is 3.89. The van der Waals surface area contributed by atoms with E-state index >= 15 is 0 Å². The van der Waals surface area contributed by atoms with Crippen molar-refractivity contribution >= 4 is 27.6 Å². The van der Waals surface area contributed by atoms with Gasteiger partial charge in [-0.15, -0.1) is 0 Å². The summed E-state index contributed by atoms with van der Waals surface area (Å²) in [6.45, 7) is 11.6. The van der Waals surface area contributed by atoms with Crippen LogP contribution < -0.4 is 4.57 Å². The van der Waals surface area contributed by atoms with Gasteiger partial charge in [-0.1, -0.05) is 48.5 Å². The van der Waals surface area contributed by atoms with Crippen LogP contribution in [0.4, 0.5) is 5.69 Å². The number of rotatable bonds is 2. The van der Waals surface area contributed by atoms with Crippen molar-refractivity contribution in [2.24, 2.45) is 7.05 Å². The number of nitrogens with zero attached hydrogens (tertiary/aromatic N) is 2. The van der Waals surface area contributed by atoms with Crippen molar-refractivity contribution in [3.05, 3.63) is 95.4 Å². The highest BCUT2D eigenvalue weighted by atomic mass is 16.3. The van der Waals surface area contributed by atoms with E-state index in [1.807, 2.05) is 61.1 Å². The van der Waals surface area contributed by atoms with Crippen LogP contribution in [0.1, 0.15) is 12.5 Å². The Bertz CT molecular complexity index is 1530. The van der Waals surface area contributed by atoms with Crippen LogP contribution in [0.3, 0.4) is 0 Å². The van der Waals surface area contributed by atoms with Crippen molar-refractivity contribution in [3.8, 4) is 22.4 Å². The summed E-state index contributed by atoms with van der Waals surface area (Å²) in [7, 11) is 1.95. The number of hydrogen-bond donors (Lipinski definition) is 0. The van der Waals surface area contributed by atoms with E-state index in [2.05, 4.69) is 30.0 Å². The maximum Gasteiger partial charge on any atom is 0.229 e. The fourth-order valence-corrected chi connectivity index (χ4v) is 4.20. The second-order valence-electron chi connectivity index (χ2n) is 7.65. The van der Waals surface area contributed by atoms with Gasteiger partial charge in [0.05, 0.1) is 13.5 Å². The first kappa shape index (κ1) is 17.0. The summed E-state index contributed by atoms with van der Waals surface area (Å²) in [6, 6.07) is 20.8. The number of benzene rings is 3. The fourth-order valence-electron chi connectivity index (χ4n) is 4.20. The van der Waals surface area contributed by atoms with Crippen LogP contribution in [0, 0.1) is 20.4 Å². The van der Waals surface area contributed by atoms with Gasteiger partial charge in [-0.25, -0.2) is 9.41 Å². The van der Waals surface area contributed by atoms with Gasteiger partial charge in [-0.2, -0.15) is 0 Å². The number of para-hydroxylation sites is 1. The lowest BCUT2D eigenvalue weighted by atomic mass is 9.92. The fraction of sp³-hybridized carbons (Fsp3) is 0.111. The number of aryl methyl sites for hydroxylation is 3. The molecule has 0 aliphatic heterocycles. The van der Waals surface area contributed by atoms with Crippen LogP contribution in [-0.4, -0.2) is 0 Å². The van der Waals surface area contributed by atoms with E-state index in [1.54, 1.807) is 6.07 Å². The molecule has 0 spiro atoms. The van der Waals surface area contributed by atoms with Gasteiger partial charge in [-0.05, 0) is 42.2 Å². The third-order valence-electron chi connectivity index (χ3n) is 5.63. The zero-order valence-corrected chi connectivity index (χ0v) is 17.2. The molecule has 0 amide bonds. The molecule has 0 N–H and O–H groups in total. The standard InChI is InChI=1S/C27H21N2O/c1-17-13-14-29(4)23(15-17)24-18(2)16-21(19-9-6-5-7-10-19)25-20-11-8-12-22(28-3)26(20)30-27(24)25/h5-16H,1-2,4H3/q+1/i13D. The van der Waals surface area contributed by atoms with Crippen molar-refractivity contribution in [3.63, 3.8) is 0 Å². The molecule has 144 valence electrons. The molecular formula is C27H21N2O+. The quantitative estimate of drug-likeness (QED) is 0.237. The lowest BCUT2D eigenvalue weighted by molar-refractivity contribution is -0.660. The predicted octanol–water partition coefficient (Wildman–Crippen LogP) is 6.91. The second-order valence-corrected chi connectivity index (χ2v) is 7.65. The van der Waals surface area contributed by atoms with Gasteiger partial charge in [0.1, 0.15) is 18.2 Å². The first-order valence-electron chi connectivity index (χ1n) is 10.4. The van der Waals surface area contributed by atoms with Crippen LogP contribution in [0.25, 0.3) is 49.2 Å². The molecule has 3 heteroatoms. The van der Waals surface area contributed by atoms with E-state index in [1.165, 1.54) is 0 Å². The Morgan fingerprint density at radius 1 is 1.00 bits per heavy atom. The molecule has 0 saturated carbocycles. The monoisotopic (exact) mass is 390 g/mol. The molecule has 0 unspecified atom stereocenters. The lowest BCUT2D eigenvalue weighted by Crippen LogP contribution is -2.30. The maximum atomic E-state index is 8.15. The third kappa shape index (κ3) is 2.69. The molecule has 2 heterocycles. The Morgan fingerprint density at radius 3 is 2.57 bits per heavy atom. The van der Waals surface area contributed by atoms with E-state index < -0.39 is 0 Å². The minimum absolute atomic E-state index is 0.501. The van der Waals surface area contributed by atoms with Gasteiger partial charge in [0, 0.05) is 22.9 Å². The Morgan fingerprint density at radius 2 is 1.80 bits per heavy atom. The molecule has 0 saturated heterocycles. The number of fused-ring (bicyclic) bond motifs is 3. The second kappa shape index (κ2) is 6.86. The van der Waals surface area contributed by atoms with E-state index in [0.29, 0.717) is 17.3 Å². The van der Waals surface area contributed by atoms with Crippen LogP contribution in [0.15, 0.2) is 77.3 Å². The number of pyridine rings is 1. The van der Waals surface area contributed by atoms with E-state index in [-0.39, 0.29) is 0 Å². The van der Waals surface area contributed by atoms with Crippen molar-refractivity contribution in [2.45, 2.75) is 13.8 Å². The van der Waals surface area contributed by atoms with Crippen LogP contribution in [-0.2, 0) is 7.05 Å². The molecule has 3 aromatic carbocycles. The first-order chi connectivity index (χ1) is 15.0. The molecule has 30 heavy (non-hydrogen) atoms. The topological polar surface area (TPSA) is 21.4 Å². The van der Waals surface area contributed by atoms with Crippen molar-refractivity contribution in [1.29, 1.82) is 0 Å². The Hall–Kier alpha value is -3.90. The van der Waals surface area contributed by atoms with E-state index in [0.717, 1.165) is 49.9 Å². The van der Waals surface area contributed by atoms with E-state index in [9.17, 15) is 0 Å². The summed E-state index contributed by atoms with van der Waals surface area (Å²) in [4.78, 5) is 3.69. The number of hydrogen-bond acceptors (Lipinski definition) is 1. The Balaban J connectivity index is 1.99. The van der Waals surface area contributed by atoms with Crippen LogP contribution in [0.2, 0.25) is 0 Å². The van der Waals surface area contributed by atoms with Crippen LogP contribution in [0.5, 0.6) is 0 Å². The van der Waals surface area contributed by atoms with Crippen molar-refractivity contribution < 1.29 is 10.4 Å². The highest BCUT2D eigenvalue weighted by molar-refractivity contribution is 6.18. The van der Waals surface area contributed by atoms with Gasteiger partial charge >= 0.3 is 0 Å². The summed E-state index contributed by atoms with van der Waals surface area (Å²) < 4.78 is 16.6. The summed E-state index contributed by atoms with van der Waals surface area (Å²) in [5.74, 6) is 0. The maximum absolute atomic E-state index is 8.15. The summed E-state index contributed by atoms with van der Waals surface area (Å²) >= 11 is 0. The summed E-state index contributed by atoms with van der Waals surface area (Å²) in [6.07, 6.45) is 1.83. The van der Waals surface area contributed by atoms with Crippen molar-refractivity contribution in [1.82, 2.24) is 0 Å². The molecule has 5 rings (SSSR count). The molecule has 0 atom stereocenters. The Labute approximate surface area is 177 Å². The lowest BCUT2D eigenvalue weighted by Gasteiger charge is -2.11. The largest absolute Gasteiger partial charge is 0.466 e. The third-order valence-corrected chi connectivity index (χ3v) is 5.63. The molecule has 3 nitrogen and oxygen atoms in total. The van der Waals surface area contributed by atoms with Gasteiger partial charge in [-0.3, -0.25) is 0 Å². The molecule has 0 fully saturated rings. The molecule has 2 aromatic heterocycles. The summed E-state index contributed by atoms with van der Waals surface area (Å²) in [5, 5.41) is 1.96. The van der Waals surface area contributed by atoms with Gasteiger partial charge in [0.25, 0.3) is 0 Å². The number of aromatic nitrogens is 1. The highest BCUT2D eigenvalue weighted by Crippen LogP contribution is 2.45. The van der Waals surface area contributed by atoms with Gasteiger partial charge in [0.2, 0.25) is 11.4 Å². The van der Waals surface area contributed by atoms with Crippen molar-refractivity contribution in [2.75, 3.05) is 0 Å². The smallest absolute Gasteiger partial charge is 0.229 e. The normalized spacial score (nSPS) is 11.6. The molecule has 0 radical (unpaired) electrons. The summed E-state index contributed by atoms with van der Waals surface area (Å²) in [5.41, 5.74) is 8.08. The minimum Gasteiger partial charge on any atom is -0.466 e. The molecule has 5 aromatic rings. The molecule has 0 bridgehead atoms. The molecular weight excluding hydrogens is 368 g/mol. The average molecular weight is 390 g/mol. The zero-order chi connectivity index (χ0) is 21.7. The van der Waals surface area contributed by atoms with E-state index in [4.69, 9.17) is 12.4 Å². The van der Waals surface area contributed by atoms with Gasteiger partial charge in [0.15, 0.2) is 6.20 Å². The predicted molar refractivity (Wildman–Crippen MR) is 122 cm³/mol. The average Bonchev–Trinajstić information content (AvgIpc) is 3.16. The molecule has 0 aliphatic carbocycles. The zero-order valence-electron chi connectivity index (χ0n) is 18.2. The SMILES string of the molecule is [2H]c1c[n+](C)c(-c2c(C)cc(-c3ccccc3)c3c2oc2c([N+]#[C-])cccc23)cc1C. The highest BCUT2D eigenvalue weighted by Gasteiger charge is 2.24. The minimum atomic E-state index is 0.501. The van der Waals surface area contributed by atoms with Crippen LogP contribution >= 0.6 is 0 Å². The van der Waals surface area contributed by atoms with Gasteiger partial charge < -0.3 is 4.42 Å².